The number of carbonyl (C=O) groups excluding carboxylic acids is 1. The van der Waals surface area contributed by atoms with E-state index in [1.165, 1.54) is 11.3 Å². The number of fused-ring (bicyclic) bond motifs is 2. The molecule has 0 aliphatic carbocycles. The fourth-order valence-corrected chi connectivity index (χ4v) is 4.30. The summed E-state index contributed by atoms with van der Waals surface area (Å²) in [6.45, 7) is 0. The predicted molar refractivity (Wildman–Crippen MR) is 94.6 cm³/mol. The Labute approximate surface area is 143 Å². The maximum Gasteiger partial charge on any atom is 0.315 e. The van der Waals surface area contributed by atoms with Crippen molar-refractivity contribution in [2.75, 3.05) is 0 Å². The average molecular weight is 387 g/mol. The van der Waals surface area contributed by atoms with Gasteiger partial charge in [0.25, 0.3) is 0 Å². The Morgan fingerprint density at radius 1 is 1.22 bits per heavy atom. The Hall–Kier alpha value is -2.18. The van der Waals surface area contributed by atoms with E-state index in [2.05, 4.69) is 20.9 Å². The molecule has 0 aliphatic rings. The second-order valence-electron chi connectivity index (χ2n) is 5.10. The predicted octanol–water partition coefficient (Wildman–Crippen LogP) is 4.49. The van der Waals surface area contributed by atoms with E-state index in [9.17, 15) is 4.79 Å². The number of carbonyl (C=O) groups is 1. The first-order valence-corrected chi connectivity index (χ1v) is 8.56. The summed E-state index contributed by atoms with van der Waals surface area (Å²) in [5.74, 6) is -0.123. The lowest BCUT2D eigenvalue weighted by atomic mass is 10.2. The van der Waals surface area contributed by atoms with Crippen LogP contribution in [0.15, 0.2) is 62.4 Å². The van der Waals surface area contributed by atoms with Gasteiger partial charge in [-0.2, -0.15) is 4.99 Å². The van der Waals surface area contributed by atoms with Gasteiger partial charge in [-0.15, -0.1) is 0 Å². The van der Waals surface area contributed by atoms with Gasteiger partial charge in [-0.05, 0) is 40.2 Å². The van der Waals surface area contributed by atoms with Crippen LogP contribution in [0.1, 0.15) is 10.6 Å². The van der Waals surface area contributed by atoms with E-state index in [0.717, 1.165) is 20.1 Å². The minimum atomic E-state index is -0.375. The van der Waals surface area contributed by atoms with Crippen molar-refractivity contribution < 1.29 is 9.21 Å². The van der Waals surface area contributed by atoms with E-state index in [4.69, 9.17) is 4.42 Å². The van der Waals surface area contributed by atoms with Gasteiger partial charge < -0.3 is 8.98 Å². The number of furan rings is 1. The molecule has 4 aromatic rings. The molecule has 114 valence electrons. The second-order valence-corrected chi connectivity index (χ2v) is 6.96. The van der Waals surface area contributed by atoms with Gasteiger partial charge in [0, 0.05) is 16.9 Å². The van der Waals surface area contributed by atoms with Crippen LogP contribution in [-0.2, 0) is 7.05 Å². The molecule has 0 bridgehead atoms. The highest BCUT2D eigenvalue weighted by Crippen LogP contribution is 2.25. The standard InChI is InChI=1S/C17H11BrN2O2S/c1-20-15-11(18)6-4-8-14(15)23-17(20)19-16(21)13-9-10-5-2-3-7-12(10)22-13/h2-9H,1H3. The Morgan fingerprint density at radius 3 is 2.83 bits per heavy atom. The molecule has 0 N–H and O–H groups in total. The van der Waals surface area contributed by atoms with Gasteiger partial charge in [0.2, 0.25) is 0 Å². The molecule has 0 unspecified atom stereocenters. The normalized spacial score (nSPS) is 12.3. The summed E-state index contributed by atoms with van der Waals surface area (Å²) in [7, 11) is 1.90. The molecule has 0 saturated heterocycles. The summed E-state index contributed by atoms with van der Waals surface area (Å²) in [5.41, 5.74) is 1.71. The van der Waals surface area contributed by atoms with Crippen molar-refractivity contribution in [2.24, 2.45) is 12.0 Å². The van der Waals surface area contributed by atoms with Crippen LogP contribution in [0, 0.1) is 0 Å². The number of aryl methyl sites for hydroxylation is 1. The lowest BCUT2D eigenvalue weighted by molar-refractivity contribution is 0.0973. The Bertz CT molecular complexity index is 1090. The summed E-state index contributed by atoms with van der Waals surface area (Å²) in [4.78, 5) is 17.3. The highest BCUT2D eigenvalue weighted by Gasteiger charge is 2.13. The van der Waals surface area contributed by atoms with Gasteiger partial charge in [0.1, 0.15) is 5.58 Å². The molecule has 6 heteroatoms. The fourth-order valence-electron chi connectivity index (χ4n) is 2.49. The van der Waals surface area contributed by atoms with E-state index in [1.807, 2.05) is 54.1 Å². The zero-order valence-electron chi connectivity index (χ0n) is 12.1. The number of hydrogen-bond donors (Lipinski definition) is 0. The van der Waals surface area contributed by atoms with E-state index >= 15 is 0 Å². The molecule has 4 nitrogen and oxygen atoms in total. The second kappa shape index (κ2) is 5.47. The third-order valence-electron chi connectivity index (χ3n) is 3.61. The lowest BCUT2D eigenvalue weighted by Gasteiger charge is -1.97. The first kappa shape index (κ1) is 14.4. The maximum absolute atomic E-state index is 12.4. The van der Waals surface area contributed by atoms with E-state index in [1.54, 1.807) is 6.07 Å². The molecule has 23 heavy (non-hydrogen) atoms. The van der Waals surface area contributed by atoms with Crippen LogP contribution in [0.5, 0.6) is 0 Å². The van der Waals surface area contributed by atoms with Crippen LogP contribution >= 0.6 is 27.3 Å². The first-order valence-electron chi connectivity index (χ1n) is 6.95. The molecule has 0 spiro atoms. The summed E-state index contributed by atoms with van der Waals surface area (Å²) in [6.07, 6.45) is 0. The number of hydrogen-bond acceptors (Lipinski definition) is 3. The van der Waals surface area contributed by atoms with Crippen LogP contribution in [-0.4, -0.2) is 10.5 Å². The van der Waals surface area contributed by atoms with Crippen LogP contribution in [0.3, 0.4) is 0 Å². The molecule has 0 saturated carbocycles. The number of para-hydroxylation sites is 2. The van der Waals surface area contributed by atoms with Gasteiger partial charge in [0.05, 0.1) is 10.2 Å². The quantitative estimate of drug-likeness (QED) is 0.483. The average Bonchev–Trinajstić information content (AvgIpc) is 3.10. The van der Waals surface area contributed by atoms with Gasteiger partial charge in [-0.25, -0.2) is 0 Å². The van der Waals surface area contributed by atoms with Crippen molar-refractivity contribution in [2.45, 2.75) is 0 Å². The van der Waals surface area contributed by atoms with Crippen LogP contribution in [0.25, 0.3) is 21.2 Å². The number of aromatic nitrogens is 1. The van der Waals surface area contributed by atoms with Crippen molar-refractivity contribution in [1.82, 2.24) is 4.57 Å². The molecular weight excluding hydrogens is 376 g/mol. The van der Waals surface area contributed by atoms with Crippen LogP contribution in [0.4, 0.5) is 0 Å². The zero-order chi connectivity index (χ0) is 16.0. The molecule has 0 atom stereocenters. The minimum Gasteiger partial charge on any atom is -0.451 e. The zero-order valence-corrected chi connectivity index (χ0v) is 14.5. The van der Waals surface area contributed by atoms with Crippen molar-refractivity contribution >= 4 is 54.4 Å². The Kier molecular flexibility index (Phi) is 3.43. The summed E-state index contributed by atoms with van der Waals surface area (Å²) >= 11 is 5.01. The molecule has 0 fully saturated rings. The lowest BCUT2D eigenvalue weighted by Crippen LogP contribution is -2.13. The Balaban J connectivity index is 1.85. The topological polar surface area (TPSA) is 47.5 Å². The maximum atomic E-state index is 12.4. The fraction of sp³-hybridized carbons (Fsp3) is 0.0588. The molecule has 2 heterocycles. The SMILES string of the molecule is Cn1c(=NC(=O)c2cc3ccccc3o2)sc2cccc(Br)c21. The van der Waals surface area contributed by atoms with E-state index < -0.39 is 0 Å². The molecule has 1 amide bonds. The van der Waals surface area contributed by atoms with Crippen LogP contribution < -0.4 is 4.80 Å². The van der Waals surface area contributed by atoms with E-state index in [-0.39, 0.29) is 11.7 Å². The third kappa shape index (κ3) is 2.44. The first-order chi connectivity index (χ1) is 11.1. The van der Waals surface area contributed by atoms with Crippen LogP contribution in [0.2, 0.25) is 0 Å². The molecule has 0 radical (unpaired) electrons. The van der Waals surface area contributed by atoms with Crippen molar-refractivity contribution in [3.63, 3.8) is 0 Å². The number of halogens is 1. The van der Waals surface area contributed by atoms with Crippen molar-refractivity contribution in [3.05, 3.63) is 63.6 Å². The summed E-state index contributed by atoms with van der Waals surface area (Å²) < 4.78 is 9.54. The van der Waals surface area contributed by atoms with Crippen molar-refractivity contribution in [3.8, 4) is 0 Å². The van der Waals surface area contributed by atoms with E-state index in [0.29, 0.717) is 10.4 Å². The van der Waals surface area contributed by atoms with Crippen molar-refractivity contribution in [1.29, 1.82) is 0 Å². The number of rotatable bonds is 1. The molecular formula is C17H11BrN2O2S. The summed E-state index contributed by atoms with van der Waals surface area (Å²) in [5, 5.41) is 0.898. The van der Waals surface area contributed by atoms with Gasteiger partial charge in [-0.1, -0.05) is 35.6 Å². The van der Waals surface area contributed by atoms with Gasteiger partial charge >= 0.3 is 5.91 Å². The smallest absolute Gasteiger partial charge is 0.315 e. The number of amides is 1. The number of nitrogens with zero attached hydrogens (tertiary/aromatic N) is 2. The number of thiazole rings is 1. The minimum absolute atomic E-state index is 0.253. The molecule has 2 aromatic carbocycles. The third-order valence-corrected chi connectivity index (χ3v) is 5.34. The largest absolute Gasteiger partial charge is 0.451 e. The number of benzene rings is 2. The molecule has 2 aromatic heterocycles. The molecule has 4 rings (SSSR count). The Morgan fingerprint density at radius 2 is 2.04 bits per heavy atom. The molecule has 0 aliphatic heterocycles. The van der Waals surface area contributed by atoms with Gasteiger partial charge in [0.15, 0.2) is 10.6 Å². The monoisotopic (exact) mass is 386 g/mol. The highest BCUT2D eigenvalue weighted by molar-refractivity contribution is 9.10. The highest BCUT2D eigenvalue weighted by atomic mass is 79.9. The summed E-state index contributed by atoms with van der Waals surface area (Å²) in [6, 6.07) is 15.2. The van der Waals surface area contributed by atoms with Gasteiger partial charge in [-0.3, -0.25) is 4.79 Å².